The van der Waals surface area contributed by atoms with Crippen LogP contribution in [0, 0.1) is 0 Å². The number of carbonyl (C=O) groups is 2. The minimum Gasteiger partial charge on any atom is -0.480 e. The van der Waals surface area contributed by atoms with Crippen molar-refractivity contribution >= 4 is 11.9 Å². The number of nitrogens with one attached hydrogen (secondary N) is 5. The smallest absolute Gasteiger partial charge is 0.329 e. The van der Waals surface area contributed by atoms with E-state index in [0.717, 1.165) is 98.6 Å². The van der Waals surface area contributed by atoms with Gasteiger partial charge < -0.3 is 75.4 Å². The summed E-state index contributed by atoms with van der Waals surface area (Å²) in [6.45, 7) is 16.1. The molecule has 1 aliphatic carbocycles. The highest BCUT2D eigenvalue weighted by Crippen LogP contribution is 2.20. The highest BCUT2D eigenvalue weighted by molar-refractivity contribution is 5.68. The van der Waals surface area contributed by atoms with Gasteiger partial charge in [-0.15, -0.1) is 0 Å². The van der Waals surface area contributed by atoms with E-state index in [0.29, 0.717) is 31.9 Å². The molecule has 0 bridgehead atoms. The van der Waals surface area contributed by atoms with Crippen LogP contribution >= 0.6 is 0 Å². The molecule has 19 heteroatoms. The molecule has 3 fully saturated rings. The van der Waals surface area contributed by atoms with Gasteiger partial charge in [-0.05, 0) is 60.9 Å². The van der Waals surface area contributed by atoms with E-state index >= 15 is 0 Å². The van der Waals surface area contributed by atoms with Gasteiger partial charge in [0, 0.05) is 72.1 Å². The van der Waals surface area contributed by atoms with E-state index in [4.69, 9.17) is 44.1 Å². The van der Waals surface area contributed by atoms with E-state index < -0.39 is 11.9 Å². The van der Waals surface area contributed by atoms with Crippen LogP contribution in [0.25, 0.3) is 0 Å². The Labute approximate surface area is 331 Å². The van der Waals surface area contributed by atoms with Gasteiger partial charge >= 0.3 is 11.9 Å². The maximum Gasteiger partial charge on any atom is 0.329 e. The van der Waals surface area contributed by atoms with Gasteiger partial charge in [0.1, 0.15) is 6.61 Å². The lowest BCUT2D eigenvalue weighted by molar-refractivity contribution is -0.141. The lowest BCUT2D eigenvalue weighted by Crippen LogP contribution is -2.39. The summed E-state index contributed by atoms with van der Waals surface area (Å²) in [5, 5.41) is 46.5. The molecule has 0 aromatic heterocycles. The molecule has 0 atom stereocenters. The van der Waals surface area contributed by atoms with E-state index in [-0.39, 0.29) is 26.4 Å². The first-order valence-electron chi connectivity index (χ1n) is 19.5. The Morgan fingerprint density at radius 1 is 0.636 bits per heavy atom. The zero-order valence-electron chi connectivity index (χ0n) is 35.0. The third-order valence-corrected chi connectivity index (χ3v) is 7.79. The molecule has 3 aliphatic rings. The average Bonchev–Trinajstić information content (AvgIpc) is 3.19. The quantitative estimate of drug-likeness (QED) is 0.0530. The molecule has 0 radical (unpaired) electrons. The minimum absolute atomic E-state index is 0.0417. The molecule has 2 saturated heterocycles. The van der Waals surface area contributed by atoms with Gasteiger partial charge in [0.15, 0.2) is 0 Å². The van der Waals surface area contributed by atoms with Crippen molar-refractivity contribution in [3.8, 4) is 0 Å². The third kappa shape index (κ3) is 48.4. The number of aliphatic carboxylic acids is 2. The molecular weight excluding hydrogens is 722 g/mol. The van der Waals surface area contributed by atoms with Gasteiger partial charge in [-0.1, -0.05) is 0 Å². The van der Waals surface area contributed by atoms with Crippen molar-refractivity contribution < 1.29 is 58.4 Å². The van der Waals surface area contributed by atoms with Crippen molar-refractivity contribution in [3.63, 3.8) is 0 Å². The Kier molecular flexibility index (Phi) is 50.8. The molecular formula is C36H81N7O12. The fourth-order valence-electron chi connectivity index (χ4n) is 4.73. The topological polar surface area (TPSA) is 237 Å². The van der Waals surface area contributed by atoms with Crippen LogP contribution in [0.15, 0.2) is 0 Å². The zero-order chi connectivity index (χ0) is 41.6. The second-order valence-corrected chi connectivity index (χ2v) is 12.3. The predicted octanol–water partition coefficient (Wildman–Crippen LogP) is -2.16. The Bertz CT molecular complexity index is 741. The monoisotopic (exact) mass is 804 g/mol. The zero-order valence-corrected chi connectivity index (χ0v) is 35.0. The number of aliphatic hydroxyl groups excluding tert-OH is 2. The van der Waals surface area contributed by atoms with Crippen LogP contribution in [0.4, 0.5) is 0 Å². The lowest BCUT2D eigenvalue weighted by Gasteiger charge is -2.28. The van der Waals surface area contributed by atoms with Crippen LogP contribution in [0.2, 0.25) is 0 Å². The molecule has 0 aromatic carbocycles. The molecule has 19 nitrogen and oxygen atoms in total. The van der Waals surface area contributed by atoms with Crippen LogP contribution in [-0.2, 0) is 38.0 Å². The summed E-state index contributed by atoms with van der Waals surface area (Å²) in [5.41, 5.74) is 0. The minimum atomic E-state index is -0.933. The lowest BCUT2D eigenvalue weighted by atomic mass is 9.93. The molecule has 0 aromatic rings. The Morgan fingerprint density at radius 2 is 1.18 bits per heavy atom. The summed E-state index contributed by atoms with van der Waals surface area (Å²) in [5.74, 6) is -1.75. The second-order valence-electron chi connectivity index (χ2n) is 12.3. The van der Waals surface area contributed by atoms with Crippen molar-refractivity contribution in [1.29, 1.82) is 0 Å². The summed E-state index contributed by atoms with van der Waals surface area (Å²) >= 11 is 0. The Balaban J connectivity index is -0.000000653. The number of likely N-dealkylation sites (N-methyl/N-ethyl adjacent to an activating group) is 4. The summed E-state index contributed by atoms with van der Waals surface area (Å²) in [6, 6.07) is 0.694. The van der Waals surface area contributed by atoms with E-state index in [2.05, 4.69) is 41.1 Å². The first-order valence-corrected chi connectivity index (χ1v) is 19.5. The molecule has 0 spiro atoms. The molecule has 332 valence electrons. The predicted molar refractivity (Wildman–Crippen MR) is 214 cm³/mol. The molecule has 1 saturated carbocycles. The van der Waals surface area contributed by atoms with Crippen LogP contribution in [0.5, 0.6) is 0 Å². The number of carboxylic acids is 2. The standard InChI is InChI=1S/C15H30N2O3.C7H16N2O.C5H13NO2.C3H7NO2.C3H9NO.C3H6O3/c1-16-14-2-4-15(5-3-14)20-13-12-19-11-8-17-6-9-18-10-7-17;1-8-2-3-9-4-6-10-7-5-9;1-6-2-4-8-5-3-7;1-4-2-3(5)6;1-4-2-3-5;1-6-2-3(4)5/h14-16H,2-13H2,1H3;8H,2-7H2,1H3;6-7H,2-5H2,1H3;4H,2H2,1H3,(H,5,6);4-5H,2-3H2,1H3;2H2,1H3,(H,4,5). The number of morpholine rings is 2. The van der Waals surface area contributed by atoms with Gasteiger partial charge in [0.05, 0.1) is 85.3 Å². The number of hydrogen-bond acceptors (Lipinski definition) is 17. The van der Waals surface area contributed by atoms with Gasteiger partial charge in [-0.3, -0.25) is 14.6 Å². The summed E-state index contributed by atoms with van der Waals surface area (Å²) in [7, 11) is 10.6. The normalized spacial score (nSPS) is 18.3. The van der Waals surface area contributed by atoms with E-state index in [1.165, 1.54) is 32.8 Å². The van der Waals surface area contributed by atoms with E-state index in [9.17, 15) is 9.59 Å². The van der Waals surface area contributed by atoms with Crippen LogP contribution < -0.4 is 26.6 Å². The van der Waals surface area contributed by atoms with Gasteiger partial charge in [0.2, 0.25) is 0 Å². The largest absolute Gasteiger partial charge is 0.480 e. The number of hydrogen-bond donors (Lipinski definition) is 9. The van der Waals surface area contributed by atoms with Crippen molar-refractivity contribution in [2.24, 2.45) is 0 Å². The van der Waals surface area contributed by atoms with Crippen LogP contribution in [0.3, 0.4) is 0 Å². The first kappa shape index (κ1) is 57.7. The fraction of sp³-hybridized carbons (Fsp3) is 0.944. The molecule has 3 rings (SSSR count). The summed E-state index contributed by atoms with van der Waals surface area (Å²) in [4.78, 5) is 23.8. The van der Waals surface area contributed by atoms with E-state index in [1.54, 1.807) is 14.1 Å². The number of aliphatic hydroxyl groups is 2. The van der Waals surface area contributed by atoms with Crippen molar-refractivity contribution in [2.75, 3.05) is 187 Å². The van der Waals surface area contributed by atoms with Crippen LogP contribution in [0.1, 0.15) is 25.7 Å². The molecule has 0 amide bonds. The number of ether oxygens (including phenoxy) is 6. The number of rotatable bonds is 22. The van der Waals surface area contributed by atoms with E-state index in [1.807, 2.05) is 21.1 Å². The van der Waals surface area contributed by atoms with Crippen molar-refractivity contribution in [3.05, 3.63) is 0 Å². The Hall–Kier alpha value is -1.66. The molecule has 0 unspecified atom stereocenters. The summed E-state index contributed by atoms with van der Waals surface area (Å²) < 4.78 is 31.2. The van der Waals surface area contributed by atoms with Gasteiger partial charge in [-0.25, -0.2) is 4.79 Å². The first-order chi connectivity index (χ1) is 26.7. The maximum atomic E-state index is 9.54. The number of carboxylic acid groups (broad SMARTS) is 2. The molecule has 9 N–H and O–H groups in total. The van der Waals surface area contributed by atoms with Gasteiger partial charge in [0.25, 0.3) is 0 Å². The second kappa shape index (κ2) is 48.5. The average molecular weight is 804 g/mol. The molecule has 55 heavy (non-hydrogen) atoms. The SMILES string of the molecule is CNC1CCC(OCCOCCN2CCOCC2)CC1.CNCC(=O)O.CNCCN1CCOCC1.CNCCO.CNCCOCCO.COCC(=O)O. The van der Waals surface area contributed by atoms with Gasteiger partial charge in [-0.2, -0.15) is 0 Å². The summed E-state index contributed by atoms with van der Waals surface area (Å²) in [6.07, 6.45) is 5.28. The third-order valence-electron chi connectivity index (χ3n) is 7.79. The number of nitrogens with zero attached hydrogens (tertiary/aromatic N) is 2. The van der Waals surface area contributed by atoms with Crippen molar-refractivity contribution in [2.45, 2.75) is 37.8 Å². The molecule has 2 aliphatic heterocycles. The highest BCUT2D eigenvalue weighted by atomic mass is 16.5. The van der Waals surface area contributed by atoms with Crippen molar-refractivity contribution in [1.82, 2.24) is 36.4 Å². The molecule has 2 heterocycles. The number of methoxy groups -OCH3 is 1. The van der Waals surface area contributed by atoms with Crippen LogP contribution in [-0.4, -0.2) is 241 Å². The highest BCUT2D eigenvalue weighted by Gasteiger charge is 2.20. The fourth-order valence-corrected chi connectivity index (χ4v) is 4.73. The maximum absolute atomic E-state index is 9.54. The Morgan fingerprint density at radius 3 is 1.56 bits per heavy atom.